The average Bonchev–Trinajstić information content (AvgIpc) is 2.71. The third-order valence-corrected chi connectivity index (χ3v) is 3.38. The molecule has 4 heteroatoms. The molecule has 2 unspecified atom stereocenters. The Balaban J connectivity index is 1.78. The van der Waals surface area contributed by atoms with Crippen LogP contribution < -0.4 is 5.32 Å². The van der Waals surface area contributed by atoms with E-state index in [1.807, 2.05) is 6.92 Å². The maximum atomic E-state index is 5.56. The van der Waals surface area contributed by atoms with Gasteiger partial charge in [-0.05, 0) is 19.9 Å². The highest BCUT2D eigenvalue weighted by Crippen LogP contribution is 2.19. The number of likely N-dealkylation sites (tertiary alicyclic amines) is 1. The van der Waals surface area contributed by atoms with Crippen molar-refractivity contribution in [3.8, 4) is 0 Å². The lowest BCUT2D eigenvalue weighted by molar-refractivity contribution is -0.139. The predicted molar refractivity (Wildman–Crippen MR) is 58.8 cm³/mol. The van der Waals surface area contributed by atoms with E-state index < -0.39 is 5.79 Å². The fourth-order valence-corrected chi connectivity index (χ4v) is 2.45. The molecule has 2 aliphatic heterocycles. The van der Waals surface area contributed by atoms with E-state index in [0.717, 1.165) is 26.3 Å². The van der Waals surface area contributed by atoms with Gasteiger partial charge in [0.15, 0.2) is 5.79 Å². The van der Waals surface area contributed by atoms with Crippen molar-refractivity contribution in [3.63, 3.8) is 0 Å². The van der Waals surface area contributed by atoms with Crippen LogP contribution in [0.5, 0.6) is 0 Å². The predicted octanol–water partition coefficient (Wildman–Crippen LogP) is 0.289. The fourth-order valence-electron chi connectivity index (χ4n) is 2.45. The van der Waals surface area contributed by atoms with Crippen LogP contribution in [0.25, 0.3) is 0 Å². The summed E-state index contributed by atoms with van der Waals surface area (Å²) in [6.45, 7) is 8.83. The van der Waals surface area contributed by atoms with E-state index in [1.54, 1.807) is 0 Å². The summed E-state index contributed by atoms with van der Waals surface area (Å²) < 4.78 is 11.1. The zero-order chi connectivity index (χ0) is 10.9. The second-order valence-corrected chi connectivity index (χ2v) is 5.02. The third kappa shape index (κ3) is 2.69. The van der Waals surface area contributed by atoms with Gasteiger partial charge in [-0.15, -0.1) is 0 Å². The van der Waals surface area contributed by atoms with Crippen molar-refractivity contribution >= 4 is 0 Å². The van der Waals surface area contributed by atoms with E-state index in [-0.39, 0.29) is 0 Å². The molecular formula is C11H22N2O2. The second-order valence-electron chi connectivity index (χ2n) is 5.02. The van der Waals surface area contributed by atoms with Crippen LogP contribution in [0.1, 0.15) is 13.8 Å². The second kappa shape index (κ2) is 4.37. The summed E-state index contributed by atoms with van der Waals surface area (Å²) in [4.78, 5) is 2.36. The molecule has 0 bridgehead atoms. The molecule has 2 rings (SSSR count). The van der Waals surface area contributed by atoms with Gasteiger partial charge in [0, 0.05) is 25.7 Å². The van der Waals surface area contributed by atoms with E-state index in [2.05, 4.69) is 24.2 Å². The van der Waals surface area contributed by atoms with Crippen molar-refractivity contribution in [1.29, 1.82) is 0 Å². The van der Waals surface area contributed by atoms with E-state index in [1.165, 1.54) is 6.54 Å². The van der Waals surface area contributed by atoms with Gasteiger partial charge in [-0.2, -0.15) is 0 Å². The van der Waals surface area contributed by atoms with Gasteiger partial charge >= 0.3 is 0 Å². The highest BCUT2D eigenvalue weighted by Gasteiger charge is 2.34. The molecule has 4 nitrogen and oxygen atoms in total. The molecule has 88 valence electrons. The molecule has 0 amide bonds. The van der Waals surface area contributed by atoms with Crippen LogP contribution in [0.15, 0.2) is 0 Å². The third-order valence-electron chi connectivity index (χ3n) is 3.38. The largest absolute Gasteiger partial charge is 0.347 e. The molecular weight excluding hydrogens is 192 g/mol. The minimum absolute atomic E-state index is 0.402. The lowest BCUT2D eigenvalue weighted by Crippen LogP contribution is -2.45. The molecule has 2 aliphatic rings. The number of nitrogens with zero attached hydrogens (tertiary/aromatic N) is 1. The molecule has 1 N–H and O–H groups in total. The summed E-state index contributed by atoms with van der Waals surface area (Å²) >= 11 is 0. The van der Waals surface area contributed by atoms with Crippen LogP contribution in [0, 0.1) is 5.92 Å². The molecule has 2 atom stereocenters. The number of rotatable bonds is 3. The van der Waals surface area contributed by atoms with Crippen molar-refractivity contribution < 1.29 is 9.47 Å². The Hall–Kier alpha value is -0.160. The number of ether oxygens (including phenoxy) is 2. The molecule has 2 heterocycles. The van der Waals surface area contributed by atoms with E-state index in [9.17, 15) is 0 Å². The number of likely N-dealkylation sites (N-methyl/N-ethyl adjacent to an activating group) is 1. The van der Waals surface area contributed by atoms with Crippen molar-refractivity contribution in [2.75, 3.05) is 39.9 Å². The summed E-state index contributed by atoms with van der Waals surface area (Å²) in [6, 6.07) is 0.569. The number of hydrogen-bond donors (Lipinski definition) is 1. The first-order chi connectivity index (χ1) is 7.09. The maximum absolute atomic E-state index is 5.56. The quantitative estimate of drug-likeness (QED) is 0.732. The van der Waals surface area contributed by atoms with Crippen molar-refractivity contribution in [2.24, 2.45) is 5.92 Å². The molecule has 0 aromatic rings. The minimum atomic E-state index is -0.402. The fraction of sp³-hybridized carbons (Fsp3) is 1.00. The van der Waals surface area contributed by atoms with Crippen molar-refractivity contribution in [2.45, 2.75) is 25.7 Å². The van der Waals surface area contributed by atoms with Gasteiger partial charge in [-0.3, -0.25) is 0 Å². The molecule has 0 spiro atoms. The standard InChI is InChI=1S/C11H22N2O2/c1-9-6-13(3)7-10(9)12-8-11(2)14-4-5-15-11/h9-10,12H,4-8H2,1-3H3. The van der Waals surface area contributed by atoms with Crippen molar-refractivity contribution in [1.82, 2.24) is 10.2 Å². The summed E-state index contributed by atoms with van der Waals surface area (Å²) in [5.74, 6) is 0.306. The van der Waals surface area contributed by atoms with Gasteiger partial charge < -0.3 is 19.7 Å². The maximum Gasteiger partial charge on any atom is 0.178 e. The van der Waals surface area contributed by atoms with Gasteiger partial charge in [0.05, 0.1) is 13.2 Å². The average molecular weight is 214 g/mol. The molecule has 2 saturated heterocycles. The van der Waals surface area contributed by atoms with Crippen LogP contribution in [0.2, 0.25) is 0 Å². The van der Waals surface area contributed by atoms with Gasteiger partial charge in [-0.1, -0.05) is 6.92 Å². The Morgan fingerprint density at radius 3 is 2.53 bits per heavy atom. The highest BCUT2D eigenvalue weighted by atomic mass is 16.7. The summed E-state index contributed by atoms with van der Waals surface area (Å²) in [5, 5.41) is 3.55. The normalized spacial score (nSPS) is 36.2. The molecule has 0 aromatic carbocycles. The molecule has 0 saturated carbocycles. The van der Waals surface area contributed by atoms with Gasteiger partial charge in [0.25, 0.3) is 0 Å². The Morgan fingerprint density at radius 1 is 1.33 bits per heavy atom. The van der Waals surface area contributed by atoms with Gasteiger partial charge in [0.2, 0.25) is 0 Å². The van der Waals surface area contributed by atoms with Crippen LogP contribution in [0.4, 0.5) is 0 Å². The molecule has 15 heavy (non-hydrogen) atoms. The Labute approximate surface area is 91.9 Å². The monoisotopic (exact) mass is 214 g/mol. The van der Waals surface area contributed by atoms with Gasteiger partial charge in [-0.25, -0.2) is 0 Å². The minimum Gasteiger partial charge on any atom is -0.347 e. The van der Waals surface area contributed by atoms with Crippen molar-refractivity contribution in [3.05, 3.63) is 0 Å². The summed E-state index contributed by atoms with van der Waals surface area (Å²) in [5.41, 5.74) is 0. The Morgan fingerprint density at radius 2 is 2.00 bits per heavy atom. The zero-order valence-corrected chi connectivity index (χ0v) is 9.95. The number of nitrogens with one attached hydrogen (secondary N) is 1. The Bertz CT molecular complexity index is 217. The van der Waals surface area contributed by atoms with E-state index >= 15 is 0 Å². The Kier molecular flexibility index (Phi) is 3.30. The zero-order valence-electron chi connectivity index (χ0n) is 9.95. The summed E-state index contributed by atoms with van der Waals surface area (Å²) in [7, 11) is 2.17. The van der Waals surface area contributed by atoms with Gasteiger partial charge in [0.1, 0.15) is 0 Å². The topological polar surface area (TPSA) is 33.7 Å². The van der Waals surface area contributed by atoms with Crippen LogP contribution >= 0.6 is 0 Å². The lowest BCUT2D eigenvalue weighted by atomic mass is 10.1. The molecule has 2 fully saturated rings. The summed E-state index contributed by atoms with van der Waals surface area (Å²) in [6.07, 6.45) is 0. The first-order valence-electron chi connectivity index (χ1n) is 5.79. The first-order valence-corrected chi connectivity index (χ1v) is 5.79. The lowest BCUT2D eigenvalue weighted by Gasteiger charge is -2.26. The smallest absolute Gasteiger partial charge is 0.178 e. The molecule has 0 radical (unpaired) electrons. The van der Waals surface area contributed by atoms with E-state index in [4.69, 9.17) is 9.47 Å². The number of hydrogen-bond acceptors (Lipinski definition) is 4. The highest BCUT2D eigenvalue weighted by molar-refractivity contribution is 4.86. The van der Waals surface area contributed by atoms with E-state index in [0.29, 0.717) is 12.0 Å². The SMILES string of the molecule is CC1CN(C)CC1NCC1(C)OCCO1. The molecule has 0 aliphatic carbocycles. The first kappa shape index (κ1) is 11.3. The van der Waals surface area contributed by atoms with Crippen LogP contribution in [-0.4, -0.2) is 56.6 Å². The van der Waals surface area contributed by atoms with Crippen LogP contribution in [0.3, 0.4) is 0 Å². The molecule has 0 aromatic heterocycles. The van der Waals surface area contributed by atoms with Crippen LogP contribution in [-0.2, 0) is 9.47 Å².